The molecule has 0 saturated carbocycles. The lowest BCUT2D eigenvalue weighted by atomic mass is 10.2. The van der Waals surface area contributed by atoms with Gasteiger partial charge in [-0.3, -0.25) is 4.68 Å². The molecule has 0 saturated heterocycles. The standard InChI is InChI=1S/C14H16N4O2S/c1-10-12(5-6-19-10)13-16-17-14(20-13)21-7-3-4-11-8-15-18(2)9-11/h5-6,8-9H,3-4,7H2,1-2H3. The van der Waals surface area contributed by atoms with Crippen LogP contribution in [-0.2, 0) is 13.5 Å². The van der Waals surface area contributed by atoms with E-state index >= 15 is 0 Å². The fourth-order valence-corrected chi connectivity index (χ4v) is 2.72. The molecule has 110 valence electrons. The summed E-state index contributed by atoms with van der Waals surface area (Å²) in [7, 11) is 1.93. The van der Waals surface area contributed by atoms with Crippen LogP contribution in [0.2, 0.25) is 0 Å². The predicted octanol–water partition coefficient (Wildman–Crippen LogP) is 3.10. The minimum atomic E-state index is 0.510. The van der Waals surface area contributed by atoms with E-state index < -0.39 is 0 Å². The van der Waals surface area contributed by atoms with Gasteiger partial charge in [0, 0.05) is 19.0 Å². The van der Waals surface area contributed by atoms with Gasteiger partial charge in [0.1, 0.15) is 5.76 Å². The first kappa shape index (κ1) is 13.9. The van der Waals surface area contributed by atoms with Gasteiger partial charge in [0.2, 0.25) is 0 Å². The van der Waals surface area contributed by atoms with Gasteiger partial charge in [-0.05, 0) is 31.4 Å². The number of nitrogens with zero attached hydrogens (tertiary/aromatic N) is 4. The van der Waals surface area contributed by atoms with Crippen LogP contribution in [-0.4, -0.2) is 25.7 Å². The lowest BCUT2D eigenvalue weighted by Gasteiger charge is -1.96. The maximum Gasteiger partial charge on any atom is 0.276 e. The van der Waals surface area contributed by atoms with Crippen LogP contribution in [0.3, 0.4) is 0 Å². The van der Waals surface area contributed by atoms with E-state index in [1.807, 2.05) is 37.1 Å². The van der Waals surface area contributed by atoms with E-state index in [1.165, 1.54) is 5.56 Å². The van der Waals surface area contributed by atoms with Crippen LogP contribution < -0.4 is 0 Å². The van der Waals surface area contributed by atoms with Crippen LogP contribution in [0.1, 0.15) is 17.7 Å². The molecule has 0 bridgehead atoms. The van der Waals surface area contributed by atoms with Crippen LogP contribution in [0.15, 0.2) is 38.8 Å². The summed E-state index contributed by atoms with van der Waals surface area (Å²) >= 11 is 1.57. The molecule has 7 heteroatoms. The van der Waals surface area contributed by atoms with Crippen molar-refractivity contribution in [3.05, 3.63) is 36.0 Å². The molecule has 0 spiro atoms. The van der Waals surface area contributed by atoms with Crippen LogP contribution in [0.25, 0.3) is 11.5 Å². The van der Waals surface area contributed by atoms with Gasteiger partial charge in [0.15, 0.2) is 0 Å². The first-order chi connectivity index (χ1) is 10.2. The van der Waals surface area contributed by atoms with Crippen LogP contribution in [0, 0.1) is 6.92 Å². The monoisotopic (exact) mass is 304 g/mol. The average molecular weight is 304 g/mol. The second-order valence-electron chi connectivity index (χ2n) is 4.74. The topological polar surface area (TPSA) is 69.9 Å². The molecular formula is C14H16N4O2S. The largest absolute Gasteiger partial charge is 0.469 e. The molecule has 0 atom stereocenters. The molecule has 0 N–H and O–H groups in total. The van der Waals surface area contributed by atoms with Crippen molar-refractivity contribution in [1.29, 1.82) is 0 Å². The number of thioether (sulfide) groups is 1. The summed E-state index contributed by atoms with van der Waals surface area (Å²) in [4.78, 5) is 0. The highest BCUT2D eigenvalue weighted by molar-refractivity contribution is 7.99. The molecule has 3 rings (SSSR count). The number of aryl methyl sites for hydroxylation is 3. The average Bonchev–Trinajstić information content (AvgIpc) is 3.16. The Morgan fingerprint density at radius 1 is 1.33 bits per heavy atom. The minimum Gasteiger partial charge on any atom is -0.469 e. The Morgan fingerprint density at radius 3 is 2.95 bits per heavy atom. The first-order valence-electron chi connectivity index (χ1n) is 6.70. The van der Waals surface area contributed by atoms with Gasteiger partial charge in [-0.2, -0.15) is 5.10 Å². The number of furan rings is 1. The van der Waals surface area contributed by atoms with E-state index in [-0.39, 0.29) is 0 Å². The summed E-state index contributed by atoms with van der Waals surface area (Å²) in [6.07, 6.45) is 7.60. The Hall–Kier alpha value is -2.02. The zero-order valence-corrected chi connectivity index (χ0v) is 12.8. The maximum absolute atomic E-state index is 5.63. The second-order valence-corrected chi connectivity index (χ2v) is 5.78. The van der Waals surface area contributed by atoms with Crippen molar-refractivity contribution >= 4 is 11.8 Å². The van der Waals surface area contributed by atoms with Crippen molar-refractivity contribution in [2.75, 3.05) is 5.75 Å². The summed E-state index contributed by atoms with van der Waals surface area (Å²) in [6.45, 7) is 1.88. The fourth-order valence-electron chi connectivity index (χ4n) is 2.02. The molecule has 0 fully saturated rings. The van der Waals surface area contributed by atoms with Crippen molar-refractivity contribution in [2.24, 2.45) is 7.05 Å². The van der Waals surface area contributed by atoms with E-state index in [1.54, 1.807) is 18.0 Å². The summed E-state index contributed by atoms with van der Waals surface area (Å²) in [5, 5.41) is 12.8. The van der Waals surface area contributed by atoms with E-state index in [0.717, 1.165) is 29.9 Å². The Bertz CT molecular complexity index is 716. The number of hydrogen-bond donors (Lipinski definition) is 0. The van der Waals surface area contributed by atoms with Crippen molar-refractivity contribution < 1.29 is 8.83 Å². The minimum absolute atomic E-state index is 0.510. The van der Waals surface area contributed by atoms with Crippen molar-refractivity contribution in [2.45, 2.75) is 25.0 Å². The van der Waals surface area contributed by atoms with E-state index in [9.17, 15) is 0 Å². The second kappa shape index (κ2) is 6.17. The van der Waals surface area contributed by atoms with Gasteiger partial charge in [-0.25, -0.2) is 0 Å². The van der Waals surface area contributed by atoms with E-state index in [4.69, 9.17) is 8.83 Å². The molecule has 0 aliphatic rings. The van der Waals surface area contributed by atoms with Crippen LogP contribution >= 0.6 is 11.8 Å². The third kappa shape index (κ3) is 3.36. The molecular weight excluding hydrogens is 288 g/mol. The van der Waals surface area contributed by atoms with Gasteiger partial charge < -0.3 is 8.83 Å². The molecule has 0 radical (unpaired) electrons. The SMILES string of the molecule is Cc1occc1-c1nnc(SCCCc2cnn(C)c2)o1. The predicted molar refractivity (Wildman–Crippen MR) is 79.0 cm³/mol. The number of hydrogen-bond acceptors (Lipinski definition) is 6. The Morgan fingerprint density at radius 2 is 2.24 bits per heavy atom. The Balaban J connectivity index is 1.50. The van der Waals surface area contributed by atoms with Crippen molar-refractivity contribution in [3.63, 3.8) is 0 Å². The normalized spacial score (nSPS) is 11.1. The molecule has 3 heterocycles. The third-order valence-corrected chi connectivity index (χ3v) is 3.99. The van der Waals surface area contributed by atoms with Gasteiger partial charge in [-0.15, -0.1) is 10.2 Å². The van der Waals surface area contributed by atoms with Gasteiger partial charge >= 0.3 is 0 Å². The third-order valence-electron chi connectivity index (χ3n) is 3.09. The molecule has 0 unspecified atom stereocenters. The Labute approximate surface area is 126 Å². The summed E-state index contributed by atoms with van der Waals surface area (Å²) in [6, 6.07) is 1.83. The smallest absolute Gasteiger partial charge is 0.276 e. The molecule has 0 aromatic carbocycles. The Kier molecular flexibility index (Phi) is 4.10. The lowest BCUT2D eigenvalue weighted by molar-refractivity contribution is 0.463. The highest BCUT2D eigenvalue weighted by Gasteiger charge is 2.13. The number of rotatable bonds is 6. The van der Waals surface area contributed by atoms with Gasteiger partial charge in [0.25, 0.3) is 11.1 Å². The first-order valence-corrected chi connectivity index (χ1v) is 7.69. The van der Waals surface area contributed by atoms with Crippen LogP contribution in [0.4, 0.5) is 0 Å². The zero-order chi connectivity index (χ0) is 14.7. The molecule has 0 aliphatic heterocycles. The molecule has 3 aromatic rings. The summed E-state index contributed by atoms with van der Waals surface area (Å²) < 4.78 is 12.7. The molecule has 0 amide bonds. The molecule has 21 heavy (non-hydrogen) atoms. The zero-order valence-electron chi connectivity index (χ0n) is 11.9. The van der Waals surface area contributed by atoms with Crippen molar-refractivity contribution in [1.82, 2.24) is 20.0 Å². The van der Waals surface area contributed by atoms with Crippen LogP contribution in [0.5, 0.6) is 0 Å². The number of aromatic nitrogens is 4. The highest BCUT2D eigenvalue weighted by atomic mass is 32.2. The van der Waals surface area contributed by atoms with Crippen molar-refractivity contribution in [3.8, 4) is 11.5 Å². The highest BCUT2D eigenvalue weighted by Crippen LogP contribution is 2.26. The van der Waals surface area contributed by atoms with E-state index in [2.05, 4.69) is 15.3 Å². The molecule has 0 aliphatic carbocycles. The fraction of sp³-hybridized carbons (Fsp3) is 0.357. The molecule has 3 aromatic heterocycles. The lowest BCUT2D eigenvalue weighted by Crippen LogP contribution is -1.87. The molecule has 6 nitrogen and oxygen atoms in total. The summed E-state index contributed by atoms with van der Waals surface area (Å²) in [5.41, 5.74) is 2.10. The van der Waals surface area contributed by atoms with E-state index in [0.29, 0.717) is 11.1 Å². The maximum atomic E-state index is 5.63. The van der Waals surface area contributed by atoms with Gasteiger partial charge in [-0.1, -0.05) is 11.8 Å². The quantitative estimate of drug-likeness (QED) is 0.515. The van der Waals surface area contributed by atoms with Gasteiger partial charge in [0.05, 0.1) is 18.0 Å². The summed E-state index contributed by atoms with van der Waals surface area (Å²) in [5.74, 6) is 2.23.